The predicted octanol–water partition coefficient (Wildman–Crippen LogP) is 4.43. The molecule has 0 amide bonds. The van der Waals surface area contributed by atoms with Gasteiger partial charge in [-0.3, -0.25) is 0 Å². The summed E-state index contributed by atoms with van der Waals surface area (Å²) in [6.45, 7) is 1.73. The Morgan fingerprint density at radius 3 is 2.19 bits per heavy atom. The normalized spacial score (nSPS) is 13.2. The van der Waals surface area contributed by atoms with Crippen LogP contribution in [0.4, 0.5) is 17.6 Å². The molecule has 0 bridgehead atoms. The maximum Gasteiger partial charge on any atom is 0.416 e. The molecular weight excluding hydrogens is 284 g/mol. The van der Waals surface area contributed by atoms with Crippen LogP contribution in [-0.4, -0.2) is 5.11 Å². The van der Waals surface area contributed by atoms with Crippen LogP contribution in [-0.2, 0) is 12.6 Å². The maximum absolute atomic E-state index is 13.7. The van der Waals surface area contributed by atoms with Gasteiger partial charge in [0.1, 0.15) is 5.82 Å². The lowest BCUT2D eigenvalue weighted by atomic mass is 9.99. The van der Waals surface area contributed by atoms with E-state index in [-0.39, 0.29) is 12.0 Å². The first-order valence-corrected chi connectivity index (χ1v) is 6.37. The minimum Gasteiger partial charge on any atom is -0.388 e. The van der Waals surface area contributed by atoms with Crippen molar-refractivity contribution in [2.75, 3.05) is 0 Å². The average Bonchev–Trinajstić information content (AvgIpc) is 2.38. The second-order valence-corrected chi connectivity index (χ2v) is 4.94. The topological polar surface area (TPSA) is 20.2 Å². The number of aliphatic hydroxyl groups excluding tert-OH is 1. The third kappa shape index (κ3) is 3.82. The van der Waals surface area contributed by atoms with E-state index >= 15 is 0 Å². The number of aryl methyl sites for hydroxylation is 1. The molecule has 0 fully saturated rings. The van der Waals surface area contributed by atoms with E-state index in [1.54, 1.807) is 13.0 Å². The molecule has 1 nitrogen and oxygen atoms in total. The third-order valence-electron chi connectivity index (χ3n) is 3.23. The van der Waals surface area contributed by atoms with Crippen LogP contribution in [0.2, 0.25) is 0 Å². The Kier molecular flexibility index (Phi) is 4.32. The Hall–Kier alpha value is -1.88. The molecule has 5 heteroatoms. The quantitative estimate of drug-likeness (QED) is 0.831. The monoisotopic (exact) mass is 298 g/mol. The molecule has 112 valence electrons. The summed E-state index contributed by atoms with van der Waals surface area (Å²) in [5.41, 5.74) is 0.635. The van der Waals surface area contributed by atoms with E-state index < -0.39 is 23.7 Å². The van der Waals surface area contributed by atoms with Crippen molar-refractivity contribution in [3.63, 3.8) is 0 Å². The van der Waals surface area contributed by atoms with Gasteiger partial charge in [0, 0.05) is 12.0 Å². The molecule has 0 radical (unpaired) electrons. The molecule has 0 aliphatic heterocycles. The van der Waals surface area contributed by atoms with Crippen molar-refractivity contribution in [2.24, 2.45) is 0 Å². The van der Waals surface area contributed by atoms with E-state index in [2.05, 4.69) is 0 Å². The van der Waals surface area contributed by atoms with Crippen molar-refractivity contribution in [3.8, 4) is 0 Å². The van der Waals surface area contributed by atoms with Crippen molar-refractivity contribution < 1.29 is 22.7 Å². The molecule has 2 aromatic carbocycles. The highest BCUT2D eigenvalue weighted by Crippen LogP contribution is 2.30. The van der Waals surface area contributed by atoms with Crippen molar-refractivity contribution in [2.45, 2.75) is 25.6 Å². The fourth-order valence-electron chi connectivity index (χ4n) is 2.07. The lowest BCUT2D eigenvalue weighted by molar-refractivity contribution is -0.137. The summed E-state index contributed by atoms with van der Waals surface area (Å²) in [5.74, 6) is -0.519. The fraction of sp³-hybridized carbons (Fsp3) is 0.250. The Morgan fingerprint density at radius 2 is 1.67 bits per heavy atom. The first kappa shape index (κ1) is 15.5. The van der Waals surface area contributed by atoms with E-state index in [4.69, 9.17) is 0 Å². The van der Waals surface area contributed by atoms with Gasteiger partial charge >= 0.3 is 6.18 Å². The van der Waals surface area contributed by atoms with Crippen molar-refractivity contribution in [3.05, 3.63) is 70.5 Å². The summed E-state index contributed by atoms with van der Waals surface area (Å²) in [4.78, 5) is 0. The van der Waals surface area contributed by atoms with Gasteiger partial charge in [-0.1, -0.05) is 24.3 Å². The highest BCUT2D eigenvalue weighted by molar-refractivity contribution is 5.29. The van der Waals surface area contributed by atoms with Crippen molar-refractivity contribution in [1.82, 2.24) is 0 Å². The molecule has 0 aliphatic rings. The molecule has 1 atom stereocenters. The summed E-state index contributed by atoms with van der Waals surface area (Å²) in [6, 6.07) is 8.95. The van der Waals surface area contributed by atoms with Crippen LogP contribution in [0, 0.1) is 12.7 Å². The Balaban J connectivity index is 2.14. The standard InChI is InChI=1S/C16H14F4O/c1-10-2-7-13(14(17)8-10)15(21)9-11-3-5-12(6-4-11)16(18,19)20/h2-8,15,21H,9H2,1H3. The van der Waals surface area contributed by atoms with Gasteiger partial charge in [0.05, 0.1) is 11.7 Å². The van der Waals surface area contributed by atoms with Gasteiger partial charge in [-0.2, -0.15) is 13.2 Å². The van der Waals surface area contributed by atoms with Crippen LogP contribution in [0.1, 0.15) is 28.4 Å². The molecule has 2 aromatic rings. The summed E-state index contributed by atoms with van der Waals surface area (Å²) in [5, 5.41) is 10.0. The molecule has 1 N–H and O–H groups in total. The van der Waals surface area contributed by atoms with Gasteiger partial charge in [0.15, 0.2) is 0 Å². The summed E-state index contributed by atoms with van der Waals surface area (Å²) < 4.78 is 51.0. The van der Waals surface area contributed by atoms with Crippen LogP contribution in [0.15, 0.2) is 42.5 Å². The number of hydrogen-bond acceptors (Lipinski definition) is 1. The number of rotatable bonds is 3. The van der Waals surface area contributed by atoms with Gasteiger partial charge in [0.25, 0.3) is 0 Å². The number of halogens is 4. The van der Waals surface area contributed by atoms with Crippen molar-refractivity contribution in [1.29, 1.82) is 0 Å². The molecule has 0 saturated carbocycles. The number of hydrogen-bond donors (Lipinski definition) is 1. The minimum absolute atomic E-state index is 0.0537. The highest BCUT2D eigenvalue weighted by Gasteiger charge is 2.30. The lowest BCUT2D eigenvalue weighted by Crippen LogP contribution is -2.07. The average molecular weight is 298 g/mol. The molecule has 1 unspecified atom stereocenters. The lowest BCUT2D eigenvalue weighted by Gasteiger charge is -2.13. The molecule has 0 spiro atoms. The van der Waals surface area contributed by atoms with E-state index in [9.17, 15) is 22.7 Å². The second-order valence-electron chi connectivity index (χ2n) is 4.94. The molecule has 21 heavy (non-hydrogen) atoms. The minimum atomic E-state index is -4.39. The molecule has 0 saturated heterocycles. The maximum atomic E-state index is 13.7. The Labute approximate surface area is 119 Å². The highest BCUT2D eigenvalue weighted by atomic mass is 19.4. The van der Waals surface area contributed by atoms with E-state index in [0.717, 1.165) is 17.7 Å². The van der Waals surface area contributed by atoms with Gasteiger partial charge in [0.2, 0.25) is 0 Å². The largest absolute Gasteiger partial charge is 0.416 e. The van der Waals surface area contributed by atoms with Gasteiger partial charge in [-0.15, -0.1) is 0 Å². The number of benzene rings is 2. The van der Waals surface area contributed by atoms with Crippen LogP contribution in [0.3, 0.4) is 0 Å². The molecule has 2 rings (SSSR count). The summed E-state index contributed by atoms with van der Waals surface area (Å²) >= 11 is 0. The van der Waals surface area contributed by atoms with E-state index in [1.807, 2.05) is 0 Å². The summed E-state index contributed by atoms with van der Waals surface area (Å²) in [6.07, 6.45) is -5.43. The zero-order valence-corrected chi connectivity index (χ0v) is 11.3. The molecule has 0 aromatic heterocycles. The van der Waals surface area contributed by atoms with Crippen LogP contribution < -0.4 is 0 Å². The van der Waals surface area contributed by atoms with Crippen LogP contribution in [0.25, 0.3) is 0 Å². The van der Waals surface area contributed by atoms with Crippen molar-refractivity contribution >= 4 is 0 Å². The second kappa shape index (κ2) is 5.85. The molecular formula is C16H14F4O. The van der Waals surface area contributed by atoms with Crippen LogP contribution >= 0.6 is 0 Å². The van der Waals surface area contributed by atoms with E-state index in [1.165, 1.54) is 24.3 Å². The number of alkyl halides is 3. The first-order chi connectivity index (χ1) is 9.77. The molecule has 0 aliphatic carbocycles. The van der Waals surface area contributed by atoms with E-state index in [0.29, 0.717) is 5.56 Å². The third-order valence-corrected chi connectivity index (χ3v) is 3.23. The SMILES string of the molecule is Cc1ccc(C(O)Cc2ccc(C(F)(F)F)cc2)c(F)c1. The zero-order chi connectivity index (χ0) is 15.6. The van der Waals surface area contributed by atoms with Gasteiger partial charge in [-0.05, 0) is 36.2 Å². The Morgan fingerprint density at radius 1 is 1.05 bits per heavy atom. The molecule has 0 heterocycles. The smallest absolute Gasteiger partial charge is 0.388 e. The zero-order valence-electron chi connectivity index (χ0n) is 11.3. The summed E-state index contributed by atoms with van der Waals surface area (Å²) in [7, 11) is 0. The first-order valence-electron chi connectivity index (χ1n) is 6.37. The van der Waals surface area contributed by atoms with Gasteiger partial charge < -0.3 is 5.11 Å². The van der Waals surface area contributed by atoms with Crippen LogP contribution in [0.5, 0.6) is 0 Å². The number of aliphatic hydroxyl groups is 1. The Bertz CT molecular complexity index is 617. The fourth-order valence-corrected chi connectivity index (χ4v) is 2.07. The predicted molar refractivity (Wildman–Crippen MR) is 71.2 cm³/mol. The van der Waals surface area contributed by atoms with Gasteiger partial charge in [-0.25, -0.2) is 4.39 Å².